The van der Waals surface area contributed by atoms with Crippen LogP contribution >= 0.6 is 0 Å². The molecule has 2 rings (SSSR count). The van der Waals surface area contributed by atoms with E-state index in [0.717, 1.165) is 0 Å². The molecule has 0 aromatic heterocycles. The van der Waals surface area contributed by atoms with Crippen LogP contribution in [0, 0.1) is 0 Å². The van der Waals surface area contributed by atoms with Gasteiger partial charge in [0.15, 0.2) is 0 Å². The van der Waals surface area contributed by atoms with Crippen LogP contribution in [0.25, 0.3) is 0 Å². The van der Waals surface area contributed by atoms with Gasteiger partial charge >= 0.3 is 0 Å². The Bertz CT molecular complexity index is 174. The van der Waals surface area contributed by atoms with E-state index < -0.39 is 0 Å². The third-order valence-electron chi connectivity index (χ3n) is 3.75. The third kappa shape index (κ3) is 0.936. The lowest BCUT2D eigenvalue weighted by Gasteiger charge is -2.36. The second-order valence-electron chi connectivity index (χ2n) is 5.06. The average molecular weight is 153 g/mol. The zero-order valence-electron chi connectivity index (χ0n) is 7.98. The first-order chi connectivity index (χ1) is 5.05. The normalized spacial score (nSPS) is 42.8. The first-order valence-electron chi connectivity index (χ1n) is 4.82. The molecule has 1 atom stereocenters. The molecule has 1 unspecified atom stereocenters. The maximum absolute atomic E-state index is 2.72. The SMILES string of the molecule is CC1(C)CCC2(C)CCCN12. The highest BCUT2D eigenvalue weighted by Crippen LogP contribution is 2.46. The van der Waals surface area contributed by atoms with E-state index in [2.05, 4.69) is 25.7 Å². The van der Waals surface area contributed by atoms with Crippen LogP contribution in [0.1, 0.15) is 46.5 Å². The fraction of sp³-hybridized carbons (Fsp3) is 1.00. The van der Waals surface area contributed by atoms with E-state index in [4.69, 9.17) is 0 Å². The summed E-state index contributed by atoms with van der Waals surface area (Å²) in [7, 11) is 0. The minimum atomic E-state index is 0.491. The van der Waals surface area contributed by atoms with Gasteiger partial charge in [-0.25, -0.2) is 0 Å². The van der Waals surface area contributed by atoms with Gasteiger partial charge in [-0.2, -0.15) is 0 Å². The summed E-state index contributed by atoms with van der Waals surface area (Å²) in [6, 6.07) is 0. The quantitative estimate of drug-likeness (QED) is 0.516. The Balaban J connectivity index is 2.26. The van der Waals surface area contributed by atoms with Gasteiger partial charge < -0.3 is 0 Å². The van der Waals surface area contributed by atoms with Gasteiger partial charge in [0.05, 0.1) is 0 Å². The highest BCUT2D eigenvalue weighted by atomic mass is 15.3. The second kappa shape index (κ2) is 2.01. The van der Waals surface area contributed by atoms with Crippen molar-refractivity contribution < 1.29 is 0 Å². The van der Waals surface area contributed by atoms with Crippen molar-refractivity contribution in [3.63, 3.8) is 0 Å². The number of hydrogen-bond acceptors (Lipinski definition) is 1. The van der Waals surface area contributed by atoms with Crippen molar-refractivity contribution in [2.75, 3.05) is 6.54 Å². The van der Waals surface area contributed by atoms with Crippen molar-refractivity contribution in [3.05, 3.63) is 0 Å². The molecule has 0 aliphatic carbocycles. The lowest BCUT2D eigenvalue weighted by atomic mass is 9.96. The Hall–Kier alpha value is -0.0400. The standard InChI is InChI=1S/C10H19N/c1-9(2)6-7-10(3)5-4-8-11(9)10/h4-8H2,1-3H3. The van der Waals surface area contributed by atoms with Gasteiger partial charge in [-0.05, 0) is 53.0 Å². The summed E-state index contributed by atoms with van der Waals surface area (Å²) in [6.07, 6.45) is 5.65. The molecular weight excluding hydrogens is 134 g/mol. The topological polar surface area (TPSA) is 3.24 Å². The molecule has 11 heavy (non-hydrogen) atoms. The summed E-state index contributed by atoms with van der Waals surface area (Å²) in [6.45, 7) is 8.56. The van der Waals surface area contributed by atoms with Crippen LogP contribution in [0.15, 0.2) is 0 Å². The molecule has 0 bridgehead atoms. The van der Waals surface area contributed by atoms with Crippen LogP contribution in [-0.2, 0) is 0 Å². The predicted molar refractivity (Wildman–Crippen MR) is 47.7 cm³/mol. The molecule has 2 heterocycles. The van der Waals surface area contributed by atoms with Gasteiger partial charge in [0, 0.05) is 11.1 Å². The Morgan fingerprint density at radius 3 is 2.36 bits per heavy atom. The van der Waals surface area contributed by atoms with Crippen LogP contribution in [0.2, 0.25) is 0 Å². The first kappa shape index (κ1) is 7.60. The fourth-order valence-electron chi connectivity index (χ4n) is 3.03. The summed E-state index contributed by atoms with van der Waals surface area (Å²) in [4.78, 5) is 2.72. The maximum Gasteiger partial charge on any atom is 0.0187 e. The van der Waals surface area contributed by atoms with Gasteiger partial charge in [0.2, 0.25) is 0 Å². The number of fused-ring (bicyclic) bond motifs is 1. The Labute approximate surface area is 69.8 Å². The van der Waals surface area contributed by atoms with E-state index in [1.54, 1.807) is 0 Å². The van der Waals surface area contributed by atoms with Crippen LogP contribution in [0.3, 0.4) is 0 Å². The van der Waals surface area contributed by atoms with Crippen LogP contribution in [-0.4, -0.2) is 22.5 Å². The monoisotopic (exact) mass is 153 g/mol. The molecule has 0 N–H and O–H groups in total. The van der Waals surface area contributed by atoms with E-state index in [1.807, 2.05) is 0 Å². The van der Waals surface area contributed by atoms with Gasteiger partial charge in [-0.15, -0.1) is 0 Å². The molecule has 2 aliphatic heterocycles. The van der Waals surface area contributed by atoms with Crippen molar-refractivity contribution in [2.45, 2.75) is 57.5 Å². The molecule has 2 saturated heterocycles. The van der Waals surface area contributed by atoms with Crippen molar-refractivity contribution in [2.24, 2.45) is 0 Å². The van der Waals surface area contributed by atoms with Crippen molar-refractivity contribution >= 4 is 0 Å². The van der Waals surface area contributed by atoms with Crippen molar-refractivity contribution in [1.82, 2.24) is 4.90 Å². The first-order valence-corrected chi connectivity index (χ1v) is 4.82. The summed E-state index contributed by atoms with van der Waals surface area (Å²) < 4.78 is 0. The lowest BCUT2D eigenvalue weighted by Crippen LogP contribution is -2.45. The Kier molecular flexibility index (Phi) is 1.39. The molecule has 0 amide bonds. The summed E-state index contributed by atoms with van der Waals surface area (Å²) >= 11 is 0. The molecule has 2 fully saturated rings. The largest absolute Gasteiger partial charge is 0.293 e. The van der Waals surface area contributed by atoms with Crippen LogP contribution in [0.5, 0.6) is 0 Å². The molecule has 2 aliphatic rings. The molecule has 0 aromatic carbocycles. The Morgan fingerprint density at radius 2 is 1.73 bits per heavy atom. The summed E-state index contributed by atoms with van der Waals surface area (Å²) in [5.74, 6) is 0. The third-order valence-corrected chi connectivity index (χ3v) is 3.75. The fourth-order valence-corrected chi connectivity index (χ4v) is 3.03. The van der Waals surface area contributed by atoms with Crippen molar-refractivity contribution in [3.8, 4) is 0 Å². The molecule has 0 radical (unpaired) electrons. The van der Waals surface area contributed by atoms with E-state index in [-0.39, 0.29) is 0 Å². The molecule has 0 spiro atoms. The van der Waals surface area contributed by atoms with Gasteiger partial charge in [-0.1, -0.05) is 0 Å². The number of nitrogens with zero attached hydrogens (tertiary/aromatic N) is 1. The molecule has 0 aromatic rings. The zero-order chi connectivity index (χ0) is 8.11. The minimum absolute atomic E-state index is 0.491. The van der Waals surface area contributed by atoms with Gasteiger partial charge in [-0.3, -0.25) is 4.90 Å². The highest BCUT2D eigenvalue weighted by Gasteiger charge is 2.49. The van der Waals surface area contributed by atoms with Crippen LogP contribution in [0.4, 0.5) is 0 Å². The second-order valence-corrected chi connectivity index (χ2v) is 5.06. The van der Waals surface area contributed by atoms with E-state index in [1.165, 1.54) is 32.2 Å². The van der Waals surface area contributed by atoms with Gasteiger partial charge in [0.1, 0.15) is 0 Å². The molecular formula is C10H19N. The maximum atomic E-state index is 2.72. The molecule has 0 saturated carbocycles. The average Bonchev–Trinajstić information content (AvgIpc) is 2.36. The smallest absolute Gasteiger partial charge is 0.0187 e. The number of hydrogen-bond donors (Lipinski definition) is 0. The van der Waals surface area contributed by atoms with Crippen LogP contribution < -0.4 is 0 Å². The summed E-state index contributed by atoms with van der Waals surface area (Å²) in [5.41, 5.74) is 1.06. The van der Waals surface area contributed by atoms with E-state index in [0.29, 0.717) is 11.1 Å². The van der Waals surface area contributed by atoms with Gasteiger partial charge in [0.25, 0.3) is 0 Å². The zero-order valence-corrected chi connectivity index (χ0v) is 7.98. The highest BCUT2D eigenvalue weighted by molar-refractivity contribution is 5.05. The predicted octanol–water partition coefficient (Wildman–Crippen LogP) is 2.41. The molecule has 1 heteroatoms. The van der Waals surface area contributed by atoms with Crippen molar-refractivity contribution in [1.29, 1.82) is 0 Å². The molecule has 64 valence electrons. The minimum Gasteiger partial charge on any atom is -0.293 e. The van der Waals surface area contributed by atoms with E-state index in [9.17, 15) is 0 Å². The number of rotatable bonds is 0. The Morgan fingerprint density at radius 1 is 1.00 bits per heavy atom. The van der Waals surface area contributed by atoms with E-state index >= 15 is 0 Å². The molecule has 1 nitrogen and oxygen atoms in total. The summed E-state index contributed by atoms with van der Waals surface area (Å²) in [5, 5.41) is 0. The lowest BCUT2D eigenvalue weighted by molar-refractivity contribution is 0.112.